The minimum Gasteiger partial charge on any atom is -0.310 e. The monoisotopic (exact) mass is 274 g/mol. The lowest BCUT2D eigenvalue weighted by Crippen LogP contribution is -2.24. The maximum absolute atomic E-state index is 4.38. The highest BCUT2D eigenvalue weighted by atomic mass is 14.9. The van der Waals surface area contributed by atoms with Crippen molar-refractivity contribution in [1.82, 2.24) is 10.3 Å². The molecular formula is C18H30N2. The number of pyridine rings is 1. The number of nitrogens with one attached hydrogen (secondary N) is 1. The average molecular weight is 274 g/mol. The van der Waals surface area contributed by atoms with Crippen LogP contribution >= 0.6 is 0 Å². The van der Waals surface area contributed by atoms with Crippen molar-refractivity contribution in [2.45, 2.75) is 71.3 Å². The van der Waals surface area contributed by atoms with Crippen LogP contribution in [0.2, 0.25) is 0 Å². The molecule has 1 aromatic rings. The van der Waals surface area contributed by atoms with Crippen LogP contribution in [0, 0.1) is 12.8 Å². The summed E-state index contributed by atoms with van der Waals surface area (Å²) in [7, 11) is 0. The van der Waals surface area contributed by atoms with Gasteiger partial charge in [-0.25, -0.2) is 0 Å². The van der Waals surface area contributed by atoms with E-state index in [1.165, 1.54) is 62.5 Å². The highest BCUT2D eigenvalue weighted by Gasteiger charge is 2.19. The van der Waals surface area contributed by atoms with Gasteiger partial charge in [0.15, 0.2) is 0 Å². The van der Waals surface area contributed by atoms with Gasteiger partial charge in [0.05, 0.1) is 0 Å². The molecule has 2 nitrogen and oxygen atoms in total. The summed E-state index contributed by atoms with van der Waals surface area (Å²) in [6.07, 6.45) is 15.1. The van der Waals surface area contributed by atoms with Gasteiger partial charge in [-0.15, -0.1) is 0 Å². The van der Waals surface area contributed by atoms with Crippen LogP contribution in [0.25, 0.3) is 0 Å². The molecule has 0 radical (unpaired) electrons. The van der Waals surface area contributed by atoms with Crippen molar-refractivity contribution >= 4 is 0 Å². The fraction of sp³-hybridized carbons (Fsp3) is 0.722. The first-order valence-corrected chi connectivity index (χ1v) is 8.44. The zero-order chi connectivity index (χ0) is 14.2. The summed E-state index contributed by atoms with van der Waals surface area (Å²) < 4.78 is 0. The lowest BCUT2D eigenvalue weighted by Gasteiger charge is -2.24. The Morgan fingerprint density at radius 2 is 1.95 bits per heavy atom. The van der Waals surface area contributed by atoms with Gasteiger partial charge in [0, 0.05) is 18.4 Å². The first-order valence-electron chi connectivity index (χ1n) is 8.44. The van der Waals surface area contributed by atoms with Gasteiger partial charge in [0.2, 0.25) is 0 Å². The molecule has 0 bridgehead atoms. The molecule has 1 fully saturated rings. The van der Waals surface area contributed by atoms with E-state index in [-0.39, 0.29) is 0 Å². The van der Waals surface area contributed by atoms with E-state index in [9.17, 15) is 0 Å². The fourth-order valence-corrected chi connectivity index (χ4v) is 3.36. The van der Waals surface area contributed by atoms with Crippen molar-refractivity contribution in [3.05, 3.63) is 29.6 Å². The third-order valence-electron chi connectivity index (χ3n) is 4.48. The van der Waals surface area contributed by atoms with Gasteiger partial charge in [-0.2, -0.15) is 0 Å². The minimum atomic E-state index is 0.491. The summed E-state index contributed by atoms with van der Waals surface area (Å²) in [5.74, 6) is 0.896. The fourth-order valence-electron chi connectivity index (χ4n) is 3.36. The molecule has 1 atom stereocenters. The normalized spacial score (nSPS) is 18.7. The van der Waals surface area contributed by atoms with Crippen molar-refractivity contribution in [2.75, 3.05) is 6.54 Å². The van der Waals surface area contributed by atoms with Crippen LogP contribution in [0.4, 0.5) is 0 Å². The summed E-state index contributed by atoms with van der Waals surface area (Å²) in [4.78, 5) is 4.38. The van der Waals surface area contributed by atoms with Gasteiger partial charge in [0.25, 0.3) is 0 Å². The Morgan fingerprint density at radius 1 is 1.20 bits per heavy atom. The van der Waals surface area contributed by atoms with E-state index in [2.05, 4.69) is 36.4 Å². The number of nitrogens with zero attached hydrogens (tertiary/aromatic N) is 1. The Hall–Kier alpha value is -0.890. The van der Waals surface area contributed by atoms with E-state index in [0.717, 1.165) is 12.5 Å². The quantitative estimate of drug-likeness (QED) is 0.754. The molecule has 1 aromatic heterocycles. The predicted molar refractivity (Wildman–Crippen MR) is 85.8 cm³/mol. The predicted octanol–water partition coefficient (Wildman–Crippen LogP) is 4.79. The molecule has 0 aromatic carbocycles. The van der Waals surface area contributed by atoms with Crippen LogP contribution in [-0.4, -0.2) is 11.5 Å². The standard InChI is InChI=1S/C18H30N2/c1-3-10-20-18(17-11-15(2)13-19-14-17)12-16-8-6-4-5-7-9-16/h11,13-14,16,18,20H,3-10,12H2,1-2H3. The topological polar surface area (TPSA) is 24.9 Å². The lowest BCUT2D eigenvalue weighted by molar-refractivity contribution is 0.356. The second-order valence-corrected chi connectivity index (χ2v) is 6.40. The summed E-state index contributed by atoms with van der Waals surface area (Å²) in [6, 6.07) is 2.79. The molecule has 2 rings (SSSR count). The Kier molecular flexibility index (Phi) is 6.52. The van der Waals surface area contributed by atoms with Crippen molar-refractivity contribution in [2.24, 2.45) is 5.92 Å². The van der Waals surface area contributed by atoms with E-state index in [0.29, 0.717) is 6.04 Å². The number of hydrogen-bond donors (Lipinski definition) is 1. The summed E-state index contributed by atoms with van der Waals surface area (Å²) in [6.45, 7) is 5.48. The number of rotatable bonds is 6. The van der Waals surface area contributed by atoms with E-state index >= 15 is 0 Å². The first kappa shape index (κ1) is 15.5. The Balaban J connectivity index is 2.02. The van der Waals surface area contributed by atoms with E-state index in [4.69, 9.17) is 0 Å². The highest BCUT2D eigenvalue weighted by molar-refractivity contribution is 5.20. The molecule has 0 amide bonds. The van der Waals surface area contributed by atoms with Crippen LogP contribution in [0.5, 0.6) is 0 Å². The molecular weight excluding hydrogens is 244 g/mol. The molecule has 112 valence electrons. The highest BCUT2D eigenvalue weighted by Crippen LogP contribution is 2.31. The molecule has 2 heteroatoms. The number of aromatic nitrogens is 1. The molecule has 1 N–H and O–H groups in total. The zero-order valence-corrected chi connectivity index (χ0v) is 13.2. The van der Waals surface area contributed by atoms with E-state index in [1.807, 2.05) is 6.20 Å². The van der Waals surface area contributed by atoms with Crippen molar-refractivity contribution in [3.8, 4) is 0 Å². The zero-order valence-electron chi connectivity index (χ0n) is 13.2. The molecule has 1 heterocycles. The van der Waals surface area contributed by atoms with Crippen molar-refractivity contribution < 1.29 is 0 Å². The molecule has 1 saturated carbocycles. The largest absolute Gasteiger partial charge is 0.310 e. The van der Waals surface area contributed by atoms with Gasteiger partial charge < -0.3 is 5.32 Å². The minimum absolute atomic E-state index is 0.491. The maximum atomic E-state index is 4.38. The summed E-state index contributed by atoms with van der Waals surface area (Å²) in [5.41, 5.74) is 2.65. The average Bonchev–Trinajstić information content (AvgIpc) is 2.72. The van der Waals surface area contributed by atoms with Gasteiger partial charge in [-0.3, -0.25) is 4.98 Å². The Bertz CT molecular complexity index is 381. The first-order chi connectivity index (χ1) is 9.79. The Morgan fingerprint density at radius 3 is 2.60 bits per heavy atom. The van der Waals surface area contributed by atoms with E-state index < -0.39 is 0 Å². The Labute approximate surface area is 124 Å². The van der Waals surface area contributed by atoms with Crippen LogP contribution in [0.3, 0.4) is 0 Å². The third-order valence-corrected chi connectivity index (χ3v) is 4.48. The lowest BCUT2D eigenvalue weighted by atomic mass is 9.89. The summed E-state index contributed by atoms with van der Waals surface area (Å²) in [5, 5.41) is 3.74. The van der Waals surface area contributed by atoms with Gasteiger partial charge in [0.1, 0.15) is 0 Å². The summed E-state index contributed by atoms with van der Waals surface area (Å²) >= 11 is 0. The second-order valence-electron chi connectivity index (χ2n) is 6.40. The van der Waals surface area contributed by atoms with Crippen LogP contribution in [0.1, 0.15) is 75.5 Å². The van der Waals surface area contributed by atoms with Crippen molar-refractivity contribution in [1.29, 1.82) is 0 Å². The molecule has 0 saturated heterocycles. The van der Waals surface area contributed by atoms with Crippen LogP contribution in [-0.2, 0) is 0 Å². The molecule has 20 heavy (non-hydrogen) atoms. The van der Waals surface area contributed by atoms with Gasteiger partial charge >= 0.3 is 0 Å². The van der Waals surface area contributed by atoms with Gasteiger partial charge in [-0.05, 0) is 43.4 Å². The molecule has 0 aliphatic heterocycles. The second kappa shape index (κ2) is 8.41. The molecule has 0 spiro atoms. The smallest absolute Gasteiger partial charge is 0.0338 e. The van der Waals surface area contributed by atoms with Crippen LogP contribution in [0.15, 0.2) is 18.5 Å². The van der Waals surface area contributed by atoms with E-state index in [1.54, 1.807) is 0 Å². The number of hydrogen-bond acceptors (Lipinski definition) is 2. The maximum Gasteiger partial charge on any atom is 0.0338 e. The SMILES string of the molecule is CCCNC(CC1CCCCCC1)c1cncc(C)c1. The number of aryl methyl sites for hydroxylation is 1. The molecule has 1 unspecified atom stereocenters. The molecule has 1 aliphatic carbocycles. The third kappa shape index (κ3) is 4.90. The van der Waals surface area contributed by atoms with Crippen molar-refractivity contribution in [3.63, 3.8) is 0 Å². The van der Waals surface area contributed by atoms with Gasteiger partial charge in [-0.1, -0.05) is 51.5 Å². The van der Waals surface area contributed by atoms with Crippen LogP contribution < -0.4 is 5.32 Å². The molecule has 1 aliphatic rings.